The van der Waals surface area contributed by atoms with E-state index in [9.17, 15) is 9.59 Å². The summed E-state index contributed by atoms with van der Waals surface area (Å²) in [5, 5.41) is 6.22. The lowest BCUT2D eigenvalue weighted by Crippen LogP contribution is -2.40. The van der Waals surface area contributed by atoms with Gasteiger partial charge >= 0.3 is 0 Å². The van der Waals surface area contributed by atoms with E-state index in [2.05, 4.69) is 17.6 Å². The molecule has 1 saturated heterocycles. The Kier molecular flexibility index (Phi) is 4.57. The van der Waals surface area contributed by atoms with Gasteiger partial charge in [0, 0.05) is 19.0 Å². The molecule has 0 spiro atoms. The number of hydrogen-bond donors (Lipinski definition) is 2. The number of carbonyl (C=O) groups excluding carboxylic acids is 1. The number of carbonyl (C=O) groups is 1. The van der Waals surface area contributed by atoms with E-state index >= 15 is 0 Å². The lowest BCUT2D eigenvalue weighted by atomic mass is 9.92. The van der Waals surface area contributed by atoms with Crippen LogP contribution in [-0.2, 0) is 11.8 Å². The molecule has 1 aromatic carbocycles. The fourth-order valence-electron chi connectivity index (χ4n) is 3.31. The second-order valence-electron chi connectivity index (χ2n) is 6.50. The number of anilines is 1. The second kappa shape index (κ2) is 6.65. The summed E-state index contributed by atoms with van der Waals surface area (Å²) in [6.45, 7) is 4.76. The first-order valence-electron chi connectivity index (χ1n) is 8.37. The van der Waals surface area contributed by atoms with Crippen LogP contribution in [0.1, 0.15) is 25.5 Å². The lowest BCUT2D eigenvalue weighted by molar-refractivity contribution is -0.120. The van der Waals surface area contributed by atoms with Crippen LogP contribution < -0.4 is 16.2 Å². The highest BCUT2D eigenvalue weighted by Crippen LogP contribution is 2.20. The van der Waals surface area contributed by atoms with Gasteiger partial charge < -0.3 is 10.6 Å². The largest absolute Gasteiger partial charge is 0.320 e. The van der Waals surface area contributed by atoms with Crippen molar-refractivity contribution in [2.24, 2.45) is 13.0 Å². The van der Waals surface area contributed by atoms with Gasteiger partial charge in [-0.15, -0.1) is 0 Å². The highest BCUT2D eigenvalue weighted by molar-refractivity contribution is 5.93. The zero-order valence-electron chi connectivity index (χ0n) is 14.4. The molecule has 1 amide bonds. The third-order valence-electron chi connectivity index (χ3n) is 4.80. The van der Waals surface area contributed by atoms with Gasteiger partial charge in [-0.2, -0.15) is 0 Å². The van der Waals surface area contributed by atoms with Gasteiger partial charge in [-0.1, -0.05) is 18.2 Å². The highest BCUT2D eigenvalue weighted by Gasteiger charge is 2.27. The van der Waals surface area contributed by atoms with Crippen LogP contribution in [0.3, 0.4) is 0 Å². The summed E-state index contributed by atoms with van der Waals surface area (Å²) in [4.78, 5) is 25.4. The summed E-state index contributed by atoms with van der Waals surface area (Å²) in [6.07, 6.45) is 1.60. The molecule has 3 rings (SSSR count). The Bertz CT molecular complexity index is 791. The zero-order chi connectivity index (χ0) is 17.3. The van der Waals surface area contributed by atoms with Gasteiger partial charge in [-0.05, 0) is 45.4 Å². The summed E-state index contributed by atoms with van der Waals surface area (Å²) in [5.74, 6) is -0.111. The summed E-state index contributed by atoms with van der Waals surface area (Å²) in [6, 6.07) is 9.76. The van der Waals surface area contributed by atoms with E-state index in [-0.39, 0.29) is 17.4 Å². The molecule has 1 fully saturated rings. The molecule has 2 aromatic rings. The second-order valence-corrected chi connectivity index (χ2v) is 6.50. The number of benzene rings is 1. The SMILES string of the molecule is Cc1c(NC(=O)[C@H]2CCN[C@@H](C)C2)c(=O)n(-c2ccccc2)n1C. The Labute approximate surface area is 141 Å². The van der Waals surface area contributed by atoms with Crippen LogP contribution in [0, 0.1) is 12.8 Å². The van der Waals surface area contributed by atoms with Crippen molar-refractivity contribution in [1.82, 2.24) is 14.7 Å². The monoisotopic (exact) mass is 328 g/mol. The Morgan fingerprint density at radius 2 is 2.00 bits per heavy atom. The molecule has 1 aliphatic rings. The van der Waals surface area contributed by atoms with Gasteiger partial charge in [0.05, 0.1) is 11.4 Å². The normalized spacial score (nSPS) is 20.8. The van der Waals surface area contributed by atoms with E-state index in [1.807, 2.05) is 44.3 Å². The molecule has 2 heterocycles. The van der Waals surface area contributed by atoms with Crippen molar-refractivity contribution in [3.8, 4) is 5.69 Å². The molecule has 1 aliphatic heterocycles. The molecule has 0 radical (unpaired) electrons. The minimum absolute atomic E-state index is 0.0505. The minimum atomic E-state index is -0.198. The van der Waals surface area contributed by atoms with Crippen molar-refractivity contribution in [1.29, 1.82) is 0 Å². The number of rotatable bonds is 3. The Morgan fingerprint density at radius 3 is 2.67 bits per heavy atom. The molecule has 0 bridgehead atoms. The highest BCUT2D eigenvalue weighted by atomic mass is 16.2. The van der Waals surface area contributed by atoms with Gasteiger partial charge in [0.25, 0.3) is 5.56 Å². The maximum atomic E-state index is 12.8. The molecule has 0 saturated carbocycles. The quantitative estimate of drug-likeness (QED) is 0.903. The molecule has 128 valence electrons. The average molecular weight is 328 g/mol. The van der Waals surface area contributed by atoms with Crippen LogP contribution in [0.4, 0.5) is 5.69 Å². The van der Waals surface area contributed by atoms with Crippen LogP contribution >= 0.6 is 0 Å². The zero-order valence-corrected chi connectivity index (χ0v) is 14.4. The average Bonchev–Trinajstić information content (AvgIpc) is 2.79. The van der Waals surface area contributed by atoms with Crippen molar-refractivity contribution in [2.45, 2.75) is 32.7 Å². The third-order valence-corrected chi connectivity index (χ3v) is 4.80. The number of amides is 1. The minimum Gasteiger partial charge on any atom is -0.320 e. The number of piperidine rings is 1. The van der Waals surface area contributed by atoms with Crippen molar-refractivity contribution in [3.05, 3.63) is 46.4 Å². The van der Waals surface area contributed by atoms with E-state index in [0.29, 0.717) is 11.7 Å². The van der Waals surface area contributed by atoms with Crippen LogP contribution in [-0.4, -0.2) is 27.9 Å². The number of nitrogens with zero attached hydrogens (tertiary/aromatic N) is 2. The first kappa shape index (κ1) is 16.5. The summed E-state index contributed by atoms with van der Waals surface area (Å²) >= 11 is 0. The predicted molar refractivity (Wildman–Crippen MR) is 94.6 cm³/mol. The van der Waals surface area contributed by atoms with Crippen molar-refractivity contribution in [3.63, 3.8) is 0 Å². The van der Waals surface area contributed by atoms with E-state index in [1.54, 1.807) is 9.36 Å². The Morgan fingerprint density at radius 1 is 1.29 bits per heavy atom. The van der Waals surface area contributed by atoms with Gasteiger partial charge in [-0.25, -0.2) is 4.68 Å². The Hall–Kier alpha value is -2.34. The molecular formula is C18H24N4O2. The number of nitrogens with one attached hydrogen (secondary N) is 2. The van der Waals surface area contributed by atoms with Crippen LogP contribution in [0.2, 0.25) is 0 Å². The molecule has 6 heteroatoms. The molecule has 1 aromatic heterocycles. The Balaban J connectivity index is 1.89. The predicted octanol–water partition coefficient (Wildman–Crippen LogP) is 1.81. The number of hydrogen-bond acceptors (Lipinski definition) is 3. The van der Waals surface area contributed by atoms with E-state index in [1.165, 1.54) is 0 Å². The fraction of sp³-hybridized carbons (Fsp3) is 0.444. The number of para-hydroxylation sites is 1. The molecule has 2 atom stereocenters. The van der Waals surface area contributed by atoms with Crippen molar-refractivity contribution in [2.75, 3.05) is 11.9 Å². The first-order valence-corrected chi connectivity index (χ1v) is 8.37. The van der Waals surface area contributed by atoms with Crippen molar-refractivity contribution >= 4 is 11.6 Å². The lowest BCUT2D eigenvalue weighted by Gasteiger charge is -2.26. The van der Waals surface area contributed by atoms with Gasteiger partial charge in [0.15, 0.2) is 0 Å². The molecule has 2 N–H and O–H groups in total. The standard InChI is InChI=1S/C18H24N4O2/c1-12-11-14(9-10-19-12)17(23)20-16-13(2)21(3)22(18(16)24)15-7-5-4-6-8-15/h4-8,12,14,19H,9-11H2,1-3H3,(H,20,23)/t12-,14-/m0/s1. The van der Waals surface area contributed by atoms with Crippen molar-refractivity contribution < 1.29 is 4.79 Å². The summed E-state index contributed by atoms with van der Waals surface area (Å²) < 4.78 is 3.36. The summed E-state index contributed by atoms with van der Waals surface area (Å²) in [5.41, 5.74) is 1.71. The fourth-order valence-corrected chi connectivity index (χ4v) is 3.31. The van der Waals surface area contributed by atoms with E-state index in [4.69, 9.17) is 0 Å². The molecule has 0 unspecified atom stereocenters. The first-order chi connectivity index (χ1) is 11.5. The topological polar surface area (TPSA) is 68.1 Å². The maximum Gasteiger partial charge on any atom is 0.295 e. The van der Waals surface area contributed by atoms with E-state index < -0.39 is 0 Å². The summed E-state index contributed by atoms with van der Waals surface area (Å²) in [7, 11) is 1.83. The third kappa shape index (κ3) is 3.01. The molecular weight excluding hydrogens is 304 g/mol. The van der Waals surface area contributed by atoms with Gasteiger partial charge in [0.1, 0.15) is 5.69 Å². The van der Waals surface area contributed by atoms with Crippen LogP contribution in [0.15, 0.2) is 35.1 Å². The number of aromatic nitrogens is 2. The molecule has 24 heavy (non-hydrogen) atoms. The smallest absolute Gasteiger partial charge is 0.295 e. The van der Waals surface area contributed by atoms with Crippen LogP contribution in [0.5, 0.6) is 0 Å². The van der Waals surface area contributed by atoms with Gasteiger partial charge in [0.2, 0.25) is 5.91 Å². The molecule has 0 aliphatic carbocycles. The molecule has 6 nitrogen and oxygen atoms in total. The van der Waals surface area contributed by atoms with Crippen LogP contribution in [0.25, 0.3) is 5.69 Å². The van der Waals surface area contributed by atoms with Gasteiger partial charge in [-0.3, -0.25) is 14.3 Å². The maximum absolute atomic E-state index is 12.8. The van der Waals surface area contributed by atoms with E-state index in [0.717, 1.165) is 30.8 Å².